The van der Waals surface area contributed by atoms with Gasteiger partial charge in [0.25, 0.3) is 0 Å². The minimum atomic E-state index is -0.951. The third kappa shape index (κ3) is 4.53. The number of carbonyl (C=O) groups excluding carboxylic acids is 3. The Morgan fingerprint density at radius 2 is 1.83 bits per heavy atom. The van der Waals surface area contributed by atoms with E-state index in [1.54, 1.807) is 17.0 Å². The number of nitrogens with zero attached hydrogens (tertiary/aromatic N) is 3. The second kappa shape index (κ2) is 8.97. The zero-order chi connectivity index (χ0) is 25.5. The molecule has 0 spiro atoms. The number of hydrogen-bond acceptors (Lipinski definition) is 7. The van der Waals surface area contributed by atoms with Crippen LogP contribution in [0.25, 0.3) is 0 Å². The number of aromatic nitrogens is 1. The van der Waals surface area contributed by atoms with Crippen LogP contribution in [-0.2, 0) is 14.4 Å². The van der Waals surface area contributed by atoms with Gasteiger partial charge in [-0.1, -0.05) is 19.1 Å². The summed E-state index contributed by atoms with van der Waals surface area (Å²) < 4.78 is 13.6. The van der Waals surface area contributed by atoms with E-state index in [1.165, 1.54) is 23.2 Å². The van der Waals surface area contributed by atoms with Crippen LogP contribution < -0.4 is 16.8 Å². The van der Waals surface area contributed by atoms with Crippen LogP contribution in [0.2, 0.25) is 0 Å². The molecule has 1 aromatic carbocycles. The molecule has 1 aliphatic heterocycles. The monoisotopic (exact) mass is 481 g/mol. The van der Waals surface area contributed by atoms with Crippen LogP contribution in [-0.4, -0.2) is 57.9 Å². The number of carbonyl (C=O) groups is 3. The predicted molar refractivity (Wildman–Crippen MR) is 129 cm³/mol. The molecule has 1 saturated heterocycles. The van der Waals surface area contributed by atoms with Gasteiger partial charge < -0.3 is 32.0 Å². The van der Waals surface area contributed by atoms with Gasteiger partial charge in [0, 0.05) is 30.8 Å². The van der Waals surface area contributed by atoms with E-state index in [0.717, 1.165) is 19.1 Å². The zero-order valence-corrected chi connectivity index (χ0v) is 19.5. The molecule has 1 aliphatic carbocycles. The Bertz CT molecular complexity index is 1200. The second-order valence-corrected chi connectivity index (χ2v) is 9.37. The van der Waals surface area contributed by atoms with Gasteiger partial charge in [-0.15, -0.1) is 0 Å². The molecule has 2 heterocycles. The van der Waals surface area contributed by atoms with Crippen molar-refractivity contribution >= 4 is 41.1 Å². The van der Waals surface area contributed by atoms with Gasteiger partial charge in [-0.3, -0.25) is 14.4 Å². The van der Waals surface area contributed by atoms with Crippen LogP contribution in [0.15, 0.2) is 30.5 Å². The molecule has 4 rings (SSSR count). The van der Waals surface area contributed by atoms with E-state index in [9.17, 15) is 18.8 Å². The first-order valence-electron chi connectivity index (χ1n) is 11.3. The molecule has 0 unspecified atom stereocenters. The number of nitrogen functional groups attached to an aromatic ring is 2. The summed E-state index contributed by atoms with van der Waals surface area (Å²) in [5, 5.41) is 9.89. The van der Waals surface area contributed by atoms with Gasteiger partial charge in [-0.25, -0.2) is 9.37 Å². The summed E-state index contributed by atoms with van der Waals surface area (Å²) in [6, 6.07) is 4.70. The van der Waals surface area contributed by atoms with E-state index in [0.29, 0.717) is 5.56 Å². The lowest BCUT2D eigenvalue weighted by atomic mass is 9.97. The van der Waals surface area contributed by atoms with E-state index in [-0.39, 0.29) is 47.8 Å². The summed E-state index contributed by atoms with van der Waals surface area (Å²) in [5.41, 5.74) is 12.1. The maximum atomic E-state index is 13.6. The fourth-order valence-corrected chi connectivity index (χ4v) is 4.31. The Kier molecular flexibility index (Phi) is 6.18. The van der Waals surface area contributed by atoms with Gasteiger partial charge in [-0.2, -0.15) is 0 Å². The molecule has 35 heavy (non-hydrogen) atoms. The third-order valence-corrected chi connectivity index (χ3v) is 6.81. The molecule has 2 fully saturated rings. The van der Waals surface area contributed by atoms with Gasteiger partial charge in [0.15, 0.2) is 0 Å². The zero-order valence-electron chi connectivity index (χ0n) is 19.5. The SMILES string of the molecule is C[C@@H]1CN(C(=O)C(=O)Nc2cnc(N)c(C=N)c2N)[C@@H](c2ccc(F)cc2)CN1C(=O)C1(C)CC1. The number of halogens is 1. The first kappa shape index (κ1) is 24.1. The fraction of sp³-hybridized carbons (Fsp3) is 0.375. The number of rotatable bonds is 4. The van der Waals surface area contributed by atoms with Crippen molar-refractivity contribution in [3.8, 4) is 0 Å². The van der Waals surface area contributed by atoms with E-state index >= 15 is 0 Å². The van der Waals surface area contributed by atoms with E-state index in [2.05, 4.69) is 10.3 Å². The average molecular weight is 482 g/mol. The highest BCUT2D eigenvalue weighted by Crippen LogP contribution is 2.47. The molecule has 10 nitrogen and oxygen atoms in total. The van der Waals surface area contributed by atoms with Crippen molar-refractivity contribution in [3.05, 3.63) is 47.4 Å². The first-order chi connectivity index (χ1) is 16.6. The molecular weight excluding hydrogens is 453 g/mol. The molecule has 0 radical (unpaired) electrons. The van der Waals surface area contributed by atoms with Crippen LogP contribution in [0.3, 0.4) is 0 Å². The summed E-state index contributed by atoms with van der Waals surface area (Å²) in [6.45, 7) is 4.07. The molecule has 11 heteroatoms. The van der Waals surface area contributed by atoms with E-state index in [1.807, 2.05) is 13.8 Å². The summed E-state index contributed by atoms with van der Waals surface area (Å²) in [7, 11) is 0. The van der Waals surface area contributed by atoms with Crippen molar-refractivity contribution < 1.29 is 18.8 Å². The Morgan fingerprint density at radius 1 is 1.17 bits per heavy atom. The van der Waals surface area contributed by atoms with Crippen LogP contribution in [0.5, 0.6) is 0 Å². The molecule has 2 aliphatic rings. The standard InChI is InChI=1S/C24H28FN7O3/c1-13-11-32(22(34)21(33)30-17-10-29-20(28)16(9-26)19(17)27)18(14-3-5-15(25)6-4-14)12-31(13)23(35)24(2)7-8-24/h3-6,9-10,13,18,26H,7-8,11-12H2,1-2H3,(H,30,33)(H4,27,28,29)/t13-,18-/m1/s1. The summed E-state index contributed by atoms with van der Waals surface area (Å²) >= 11 is 0. The molecule has 184 valence electrons. The number of nitrogens with two attached hydrogens (primary N) is 2. The molecule has 2 aromatic rings. The largest absolute Gasteiger partial charge is 0.396 e. The number of pyridine rings is 1. The van der Waals surface area contributed by atoms with E-state index < -0.39 is 29.1 Å². The van der Waals surface area contributed by atoms with Crippen molar-refractivity contribution in [3.63, 3.8) is 0 Å². The topological polar surface area (TPSA) is 159 Å². The number of amides is 3. The van der Waals surface area contributed by atoms with Crippen molar-refractivity contribution in [2.45, 2.75) is 38.8 Å². The Hall–Kier alpha value is -4.02. The first-order valence-corrected chi connectivity index (χ1v) is 11.3. The number of nitrogens with one attached hydrogen (secondary N) is 2. The summed E-state index contributed by atoms with van der Waals surface area (Å²) in [5.74, 6) is -2.16. The summed E-state index contributed by atoms with van der Waals surface area (Å²) in [6.07, 6.45) is 3.76. The van der Waals surface area contributed by atoms with Gasteiger partial charge >= 0.3 is 11.8 Å². The maximum absolute atomic E-state index is 13.6. The minimum Gasteiger partial charge on any atom is -0.396 e. The number of benzene rings is 1. The molecule has 1 aromatic heterocycles. The van der Waals surface area contributed by atoms with E-state index in [4.69, 9.17) is 16.9 Å². The Labute approximate surface area is 202 Å². The van der Waals surface area contributed by atoms with Crippen LogP contribution in [0, 0.1) is 16.6 Å². The van der Waals surface area contributed by atoms with Crippen LogP contribution in [0.1, 0.15) is 43.9 Å². The van der Waals surface area contributed by atoms with Crippen molar-refractivity contribution in [1.82, 2.24) is 14.8 Å². The highest BCUT2D eigenvalue weighted by atomic mass is 19.1. The van der Waals surface area contributed by atoms with Crippen molar-refractivity contribution in [2.75, 3.05) is 29.9 Å². The highest BCUT2D eigenvalue weighted by molar-refractivity contribution is 6.40. The average Bonchev–Trinajstić information content (AvgIpc) is 3.59. The third-order valence-electron chi connectivity index (χ3n) is 6.81. The lowest BCUT2D eigenvalue weighted by molar-refractivity contribution is -0.153. The Morgan fingerprint density at radius 3 is 2.43 bits per heavy atom. The second-order valence-electron chi connectivity index (χ2n) is 9.37. The molecule has 0 bridgehead atoms. The molecule has 3 amide bonds. The van der Waals surface area contributed by atoms with Crippen molar-refractivity contribution in [2.24, 2.45) is 5.41 Å². The normalized spacial score (nSPS) is 20.8. The molecule has 6 N–H and O–H groups in total. The summed E-state index contributed by atoms with van der Waals surface area (Å²) in [4.78, 5) is 46.5. The minimum absolute atomic E-state index is 0.0187. The van der Waals surface area contributed by atoms with Gasteiger partial charge in [0.1, 0.15) is 11.6 Å². The maximum Gasteiger partial charge on any atom is 0.314 e. The quantitative estimate of drug-likeness (QED) is 0.386. The molecule has 2 atom stereocenters. The predicted octanol–water partition coefficient (Wildman–Crippen LogP) is 1.92. The Balaban J connectivity index is 1.61. The van der Waals surface area contributed by atoms with Gasteiger partial charge in [0.05, 0.1) is 29.2 Å². The molecular formula is C24H28FN7O3. The van der Waals surface area contributed by atoms with Gasteiger partial charge in [-0.05, 0) is 37.5 Å². The fourth-order valence-electron chi connectivity index (χ4n) is 4.31. The number of anilines is 3. The van der Waals surface area contributed by atoms with Gasteiger partial charge in [0.2, 0.25) is 5.91 Å². The van der Waals surface area contributed by atoms with Crippen molar-refractivity contribution in [1.29, 1.82) is 5.41 Å². The lowest BCUT2D eigenvalue weighted by Crippen LogP contribution is -2.59. The smallest absolute Gasteiger partial charge is 0.314 e. The number of piperazine rings is 1. The van der Waals surface area contributed by atoms with Crippen LogP contribution in [0.4, 0.5) is 21.6 Å². The lowest BCUT2D eigenvalue weighted by Gasteiger charge is -2.46. The molecule has 1 saturated carbocycles. The highest BCUT2D eigenvalue weighted by Gasteiger charge is 2.50. The number of hydrogen-bond donors (Lipinski definition) is 4. The van der Waals surface area contributed by atoms with Crippen LogP contribution >= 0.6 is 0 Å².